The first-order chi connectivity index (χ1) is 9.52. The van der Waals surface area contributed by atoms with Crippen LogP contribution in [0.4, 0.5) is 5.82 Å². The van der Waals surface area contributed by atoms with E-state index in [4.69, 9.17) is 0 Å². The fourth-order valence-corrected chi connectivity index (χ4v) is 2.40. The van der Waals surface area contributed by atoms with E-state index in [9.17, 15) is 0 Å². The molecule has 2 aromatic rings. The minimum Gasteiger partial charge on any atom is -0.369 e. The molecule has 2 rings (SSSR count). The molecule has 0 fully saturated rings. The van der Waals surface area contributed by atoms with Crippen LogP contribution in [0.1, 0.15) is 24.6 Å². The van der Waals surface area contributed by atoms with Gasteiger partial charge in [-0.05, 0) is 53.9 Å². The normalized spacial score (nSPS) is 10.7. The van der Waals surface area contributed by atoms with Gasteiger partial charge in [-0.3, -0.25) is 0 Å². The van der Waals surface area contributed by atoms with Gasteiger partial charge < -0.3 is 5.32 Å². The number of aromatic nitrogens is 2. The van der Waals surface area contributed by atoms with Crippen LogP contribution in [-0.2, 0) is 0 Å². The highest BCUT2D eigenvalue weighted by atomic mass is 79.9. The molecule has 5 heteroatoms. The number of hydrogen-bond donors (Lipinski definition) is 1. The van der Waals surface area contributed by atoms with Crippen molar-refractivity contribution >= 4 is 37.7 Å². The van der Waals surface area contributed by atoms with Crippen molar-refractivity contribution in [1.29, 1.82) is 0 Å². The third-order valence-electron chi connectivity index (χ3n) is 2.98. The van der Waals surface area contributed by atoms with Crippen molar-refractivity contribution in [2.45, 2.75) is 27.2 Å². The Morgan fingerprint density at radius 2 is 1.90 bits per heavy atom. The largest absolute Gasteiger partial charge is 0.369 e. The van der Waals surface area contributed by atoms with Crippen LogP contribution in [0.15, 0.2) is 27.1 Å². The van der Waals surface area contributed by atoms with E-state index in [1.54, 1.807) is 0 Å². The Morgan fingerprint density at radius 1 is 1.15 bits per heavy atom. The molecule has 0 radical (unpaired) electrons. The predicted octanol–water partition coefficient (Wildman–Crippen LogP) is 5.11. The quantitative estimate of drug-likeness (QED) is 0.777. The molecule has 1 heterocycles. The summed E-state index contributed by atoms with van der Waals surface area (Å²) in [5, 5.41) is 3.33. The van der Waals surface area contributed by atoms with Crippen LogP contribution in [0.5, 0.6) is 0 Å². The molecule has 106 valence electrons. The molecule has 0 unspecified atom stereocenters. The summed E-state index contributed by atoms with van der Waals surface area (Å²) in [6.07, 6.45) is 1.06. The number of anilines is 1. The number of benzene rings is 1. The van der Waals surface area contributed by atoms with Gasteiger partial charge in [0, 0.05) is 16.6 Å². The second kappa shape index (κ2) is 6.68. The van der Waals surface area contributed by atoms with Crippen LogP contribution in [0, 0.1) is 13.8 Å². The highest BCUT2D eigenvalue weighted by molar-refractivity contribution is 9.11. The van der Waals surface area contributed by atoms with E-state index in [0.717, 1.165) is 44.8 Å². The molecule has 0 amide bonds. The van der Waals surface area contributed by atoms with Crippen LogP contribution in [-0.4, -0.2) is 16.5 Å². The van der Waals surface area contributed by atoms with Crippen molar-refractivity contribution in [3.63, 3.8) is 0 Å². The summed E-state index contributed by atoms with van der Waals surface area (Å²) < 4.78 is 2.03. The van der Waals surface area contributed by atoms with Gasteiger partial charge in [0.1, 0.15) is 5.82 Å². The molecule has 1 aromatic carbocycles. The Kier molecular flexibility index (Phi) is 5.16. The van der Waals surface area contributed by atoms with Crippen molar-refractivity contribution in [1.82, 2.24) is 9.97 Å². The Morgan fingerprint density at radius 3 is 2.55 bits per heavy atom. The van der Waals surface area contributed by atoms with Gasteiger partial charge in [0.15, 0.2) is 5.82 Å². The second-order valence-electron chi connectivity index (χ2n) is 4.69. The Labute approximate surface area is 136 Å². The monoisotopic (exact) mass is 397 g/mol. The van der Waals surface area contributed by atoms with Gasteiger partial charge in [0.25, 0.3) is 0 Å². The lowest BCUT2D eigenvalue weighted by Crippen LogP contribution is -2.06. The van der Waals surface area contributed by atoms with Crippen molar-refractivity contribution in [3.05, 3.63) is 38.4 Å². The molecule has 3 nitrogen and oxygen atoms in total. The van der Waals surface area contributed by atoms with E-state index >= 15 is 0 Å². The number of nitrogens with zero attached hydrogens (tertiary/aromatic N) is 2. The minimum absolute atomic E-state index is 0.750. The predicted molar refractivity (Wildman–Crippen MR) is 91.1 cm³/mol. The Balaban J connectivity index is 2.45. The Bertz CT molecular complexity index is 627. The number of rotatable bonds is 4. The first kappa shape index (κ1) is 15.4. The summed E-state index contributed by atoms with van der Waals surface area (Å²) in [6, 6.07) is 6.16. The van der Waals surface area contributed by atoms with Crippen molar-refractivity contribution in [2.24, 2.45) is 0 Å². The number of hydrogen-bond acceptors (Lipinski definition) is 3. The van der Waals surface area contributed by atoms with Gasteiger partial charge in [-0.1, -0.05) is 28.9 Å². The fraction of sp³-hybridized carbons (Fsp3) is 0.333. The number of nitrogens with one attached hydrogen (secondary N) is 1. The smallest absolute Gasteiger partial charge is 0.161 e. The third-order valence-corrected chi connectivity index (χ3v) is 4.81. The summed E-state index contributed by atoms with van der Waals surface area (Å²) in [6.45, 7) is 7.08. The highest BCUT2D eigenvalue weighted by Crippen LogP contribution is 2.28. The van der Waals surface area contributed by atoms with Crippen molar-refractivity contribution in [2.75, 3.05) is 11.9 Å². The minimum atomic E-state index is 0.750. The van der Waals surface area contributed by atoms with E-state index in [0.29, 0.717) is 0 Å². The maximum absolute atomic E-state index is 4.63. The lowest BCUT2D eigenvalue weighted by atomic mass is 10.1. The summed E-state index contributed by atoms with van der Waals surface area (Å²) in [4.78, 5) is 9.20. The van der Waals surface area contributed by atoms with E-state index in [-0.39, 0.29) is 0 Å². The maximum Gasteiger partial charge on any atom is 0.161 e. The van der Waals surface area contributed by atoms with Gasteiger partial charge in [-0.15, -0.1) is 0 Å². The van der Waals surface area contributed by atoms with Crippen LogP contribution >= 0.6 is 31.9 Å². The summed E-state index contributed by atoms with van der Waals surface area (Å²) in [5.74, 6) is 1.61. The lowest BCUT2D eigenvalue weighted by Gasteiger charge is -2.11. The molecule has 0 atom stereocenters. The van der Waals surface area contributed by atoms with Crippen LogP contribution in [0.3, 0.4) is 0 Å². The maximum atomic E-state index is 4.63. The standard InChI is InChI=1S/C15H17Br2N3/c1-4-7-18-15-13(17)10(3)19-14(20-15)11-5-6-12(16)9(2)8-11/h5-6,8H,4,7H2,1-3H3,(H,18,19,20). The molecule has 1 N–H and O–H groups in total. The van der Waals surface area contributed by atoms with E-state index in [2.05, 4.69) is 67.1 Å². The SMILES string of the molecule is CCCNc1nc(-c2ccc(Br)c(C)c2)nc(C)c1Br. The Hall–Kier alpha value is -0.940. The average Bonchev–Trinajstić information content (AvgIpc) is 2.43. The summed E-state index contributed by atoms with van der Waals surface area (Å²) in [7, 11) is 0. The molecule has 20 heavy (non-hydrogen) atoms. The molecule has 1 aromatic heterocycles. The lowest BCUT2D eigenvalue weighted by molar-refractivity contribution is 0.958. The third kappa shape index (κ3) is 3.38. The highest BCUT2D eigenvalue weighted by Gasteiger charge is 2.11. The summed E-state index contributed by atoms with van der Waals surface area (Å²) >= 11 is 7.06. The molecule has 0 saturated carbocycles. The van der Waals surface area contributed by atoms with Crippen molar-refractivity contribution in [3.8, 4) is 11.4 Å². The molecule has 0 aliphatic carbocycles. The summed E-state index contributed by atoms with van der Waals surface area (Å²) in [5.41, 5.74) is 3.14. The number of aryl methyl sites for hydroxylation is 2. The van der Waals surface area contributed by atoms with Crippen LogP contribution in [0.2, 0.25) is 0 Å². The van der Waals surface area contributed by atoms with Crippen molar-refractivity contribution < 1.29 is 0 Å². The van der Waals surface area contributed by atoms with Gasteiger partial charge in [0.2, 0.25) is 0 Å². The van der Waals surface area contributed by atoms with E-state index in [1.807, 2.05) is 19.1 Å². The molecule has 0 aliphatic heterocycles. The molecule has 0 bridgehead atoms. The molecular formula is C15H17Br2N3. The van der Waals surface area contributed by atoms with Gasteiger partial charge in [-0.2, -0.15) is 0 Å². The topological polar surface area (TPSA) is 37.8 Å². The average molecular weight is 399 g/mol. The zero-order chi connectivity index (χ0) is 14.7. The number of halogens is 2. The fourth-order valence-electron chi connectivity index (χ4n) is 1.83. The zero-order valence-corrected chi connectivity index (χ0v) is 15.0. The molecule has 0 saturated heterocycles. The second-order valence-corrected chi connectivity index (χ2v) is 6.33. The molecular weight excluding hydrogens is 382 g/mol. The zero-order valence-electron chi connectivity index (χ0n) is 11.8. The molecule has 0 spiro atoms. The van der Waals surface area contributed by atoms with E-state index in [1.165, 1.54) is 5.56 Å². The first-order valence-electron chi connectivity index (χ1n) is 6.57. The van der Waals surface area contributed by atoms with Crippen LogP contribution < -0.4 is 5.32 Å². The molecule has 0 aliphatic rings. The first-order valence-corrected chi connectivity index (χ1v) is 8.16. The van der Waals surface area contributed by atoms with Gasteiger partial charge >= 0.3 is 0 Å². The van der Waals surface area contributed by atoms with Gasteiger partial charge in [-0.25, -0.2) is 9.97 Å². The van der Waals surface area contributed by atoms with Gasteiger partial charge in [0.05, 0.1) is 10.2 Å². The van der Waals surface area contributed by atoms with E-state index < -0.39 is 0 Å². The van der Waals surface area contributed by atoms with Crippen LogP contribution in [0.25, 0.3) is 11.4 Å².